The highest BCUT2D eigenvalue weighted by Crippen LogP contribution is 2.51. The number of hydrogen-bond acceptors (Lipinski definition) is 3. The van der Waals surface area contributed by atoms with Gasteiger partial charge in [-0.15, -0.1) is 0 Å². The van der Waals surface area contributed by atoms with Gasteiger partial charge >= 0.3 is 6.85 Å². The molecule has 0 amide bonds. The number of aryl methyl sites for hydroxylation is 1. The van der Waals surface area contributed by atoms with Gasteiger partial charge in [0, 0.05) is 55.5 Å². The predicted octanol–water partition coefficient (Wildman–Crippen LogP) is 12.9. The molecule has 0 bridgehead atoms. The van der Waals surface area contributed by atoms with E-state index in [9.17, 15) is 0 Å². The van der Waals surface area contributed by atoms with Gasteiger partial charge in [0.05, 0.1) is 16.7 Å². The molecule has 0 saturated carbocycles. The zero-order valence-electron chi connectivity index (χ0n) is 31.7. The van der Waals surface area contributed by atoms with Crippen LogP contribution in [0.4, 0.5) is 28.4 Å². The van der Waals surface area contributed by atoms with Crippen molar-refractivity contribution in [3.63, 3.8) is 0 Å². The van der Waals surface area contributed by atoms with Gasteiger partial charge in [-0.05, 0) is 113 Å². The third-order valence-electron chi connectivity index (χ3n) is 12.5. The van der Waals surface area contributed by atoms with E-state index in [1.807, 2.05) is 0 Å². The summed E-state index contributed by atoms with van der Waals surface area (Å²) in [6, 6.07) is 69.0. The quantitative estimate of drug-likeness (QED) is 0.168. The maximum absolute atomic E-state index is 6.69. The molecule has 0 N–H and O–H groups in total. The summed E-state index contributed by atoms with van der Waals surface area (Å²) < 4.78 is 9.27. The van der Waals surface area contributed by atoms with Crippen molar-refractivity contribution in [2.75, 3.05) is 9.71 Å². The second-order valence-corrected chi connectivity index (χ2v) is 15.8. The van der Waals surface area contributed by atoms with Crippen molar-refractivity contribution in [2.24, 2.45) is 0 Å². The number of benzene rings is 9. The highest BCUT2D eigenvalue weighted by Gasteiger charge is 2.45. The van der Waals surface area contributed by atoms with Crippen LogP contribution < -0.4 is 20.6 Å². The first-order valence-corrected chi connectivity index (χ1v) is 20.0. The van der Waals surface area contributed by atoms with Gasteiger partial charge in [-0.25, -0.2) is 0 Å². The summed E-state index contributed by atoms with van der Waals surface area (Å²) in [4.78, 5) is 5.04. The van der Waals surface area contributed by atoms with Gasteiger partial charge in [0.1, 0.15) is 11.2 Å². The largest absolute Gasteiger partial charge is 0.456 e. The molecular weight excluding hydrogens is 705 g/mol. The van der Waals surface area contributed by atoms with E-state index in [1.165, 1.54) is 71.6 Å². The van der Waals surface area contributed by atoms with Crippen molar-refractivity contribution in [1.29, 1.82) is 0 Å². The van der Waals surface area contributed by atoms with E-state index < -0.39 is 0 Å². The van der Waals surface area contributed by atoms with Crippen LogP contribution >= 0.6 is 0 Å². The van der Waals surface area contributed by atoms with Gasteiger partial charge < -0.3 is 18.7 Å². The van der Waals surface area contributed by atoms with Crippen LogP contribution in [-0.2, 0) is 0 Å². The fourth-order valence-corrected chi connectivity index (χ4v) is 10.1. The van der Waals surface area contributed by atoms with Crippen LogP contribution in [0.2, 0.25) is 0 Å². The van der Waals surface area contributed by atoms with E-state index in [1.54, 1.807) is 0 Å². The summed E-state index contributed by atoms with van der Waals surface area (Å²) in [5.41, 5.74) is 17.4. The van der Waals surface area contributed by atoms with Crippen molar-refractivity contribution >= 4 is 101 Å². The topological polar surface area (TPSA) is 24.6 Å². The molecule has 0 saturated heterocycles. The van der Waals surface area contributed by atoms with Gasteiger partial charge in [0.15, 0.2) is 0 Å². The fraction of sp³-hybridized carbons (Fsp3) is 0.0189. The van der Waals surface area contributed by atoms with Crippen LogP contribution in [0.3, 0.4) is 0 Å². The van der Waals surface area contributed by atoms with Gasteiger partial charge in [-0.3, -0.25) is 0 Å². The molecule has 9 aromatic carbocycles. The molecular formula is C53H34BN3O. The second kappa shape index (κ2) is 11.8. The van der Waals surface area contributed by atoms with Crippen molar-refractivity contribution in [2.45, 2.75) is 6.92 Å². The highest BCUT2D eigenvalue weighted by atomic mass is 16.3. The van der Waals surface area contributed by atoms with Crippen molar-refractivity contribution in [3.05, 3.63) is 194 Å². The Hall–Kier alpha value is -7.50. The molecule has 13 rings (SSSR count). The Kier molecular flexibility index (Phi) is 6.43. The number of para-hydroxylation sites is 4. The van der Waals surface area contributed by atoms with E-state index >= 15 is 0 Å². The van der Waals surface area contributed by atoms with E-state index in [-0.39, 0.29) is 6.85 Å². The lowest BCUT2D eigenvalue weighted by molar-refractivity contribution is 0.669. The smallest absolute Gasteiger partial charge is 0.333 e. The third-order valence-corrected chi connectivity index (χ3v) is 12.5. The van der Waals surface area contributed by atoms with Crippen LogP contribution in [0, 0.1) is 6.92 Å². The first-order chi connectivity index (χ1) is 28.7. The minimum Gasteiger partial charge on any atom is -0.456 e. The standard InChI is InChI=1S/C53H34BN3O/c1-33-24-26-38(27-25-33)57-45-22-12-10-20-39(45)42-31-48(55(36-16-4-2-5-17-36)37-18-6-3-7-19-37)51-43-28-34-14-8-9-15-35(34)29-46(43)56-47-30-41-40-21-11-13-23-49(40)58-50(41)32-44(47)54(57)52(42)53(51)56/h2-32H,1H3. The Morgan fingerprint density at radius 3 is 1.97 bits per heavy atom. The molecule has 0 aliphatic carbocycles. The lowest BCUT2D eigenvalue weighted by atomic mass is 9.44. The number of fused-ring (bicyclic) bond motifs is 12. The van der Waals surface area contributed by atoms with E-state index in [0.29, 0.717) is 0 Å². The van der Waals surface area contributed by atoms with Crippen molar-refractivity contribution in [1.82, 2.24) is 4.57 Å². The molecule has 2 aliphatic rings. The molecule has 0 spiro atoms. The van der Waals surface area contributed by atoms with E-state index in [2.05, 4.69) is 209 Å². The number of anilines is 5. The molecule has 270 valence electrons. The molecule has 4 nitrogen and oxygen atoms in total. The summed E-state index contributed by atoms with van der Waals surface area (Å²) >= 11 is 0. The van der Waals surface area contributed by atoms with Gasteiger partial charge in [0.25, 0.3) is 0 Å². The fourth-order valence-electron chi connectivity index (χ4n) is 10.1. The number of rotatable bonds is 4. The number of aromatic nitrogens is 1. The first kappa shape index (κ1) is 31.7. The Balaban J connectivity index is 1.27. The summed E-state index contributed by atoms with van der Waals surface area (Å²) in [5, 5.41) is 7.16. The molecule has 0 unspecified atom stereocenters. The Morgan fingerprint density at radius 2 is 1.19 bits per heavy atom. The Bertz CT molecular complexity index is 3440. The average molecular weight is 740 g/mol. The predicted molar refractivity (Wildman–Crippen MR) is 244 cm³/mol. The van der Waals surface area contributed by atoms with Gasteiger partial charge in [0.2, 0.25) is 0 Å². The van der Waals surface area contributed by atoms with E-state index in [0.717, 1.165) is 44.7 Å². The Morgan fingerprint density at radius 1 is 0.517 bits per heavy atom. The lowest BCUT2D eigenvalue weighted by Crippen LogP contribution is -2.60. The molecule has 2 aromatic heterocycles. The number of furan rings is 1. The summed E-state index contributed by atoms with van der Waals surface area (Å²) in [7, 11) is 0. The zero-order valence-corrected chi connectivity index (χ0v) is 31.7. The Labute approximate surface area is 335 Å². The molecule has 11 aromatic rings. The van der Waals surface area contributed by atoms with Crippen LogP contribution in [0.5, 0.6) is 0 Å². The van der Waals surface area contributed by atoms with Crippen LogP contribution in [0.25, 0.3) is 71.3 Å². The molecule has 2 aliphatic heterocycles. The number of hydrogen-bond donors (Lipinski definition) is 0. The molecule has 4 heterocycles. The van der Waals surface area contributed by atoms with E-state index in [4.69, 9.17) is 4.42 Å². The van der Waals surface area contributed by atoms with Crippen LogP contribution in [-0.4, -0.2) is 11.4 Å². The molecule has 0 fully saturated rings. The van der Waals surface area contributed by atoms with Crippen LogP contribution in [0.1, 0.15) is 5.56 Å². The second-order valence-electron chi connectivity index (χ2n) is 15.8. The van der Waals surface area contributed by atoms with Crippen molar-refractivity contribution in [3.8, 4) is 16.8 Å². The summed E-state index contributed by atoms with van der Waals surface area (Å²) in [6.45, 7) is 2.03. The molecule has 0 radical (unpaired) electrons. The molecule has 5 heteroatoms. The third kappa shape index (κ3) is 4.30. The van der Waals surface area contributed by atoms with Gasteiger partial charge in [-0.1, -0.05) is 115 Å². The molecule has 58 heavy (non-hydrogen) atoms. The number of nitrogens with zero attached hydrogens (tertiary/aromatic N) is 3. The zero-order chi connectivity index (χ0) is 38.1. The SMILES string of the molecule is Cc1ccc(N2B3c4cc5oc6ccccc6c5cc4-n4c5cc6ccccc6cc5c5c(N(c6ccccc6)c6ccccc6)cc(c3c54)-c3ccccc32)cc1. The summed E-state index contributed by atoms with van der Waals surface area (Å²) in [6.07, 6.45) is 0. The minimum atomic E-state index is -0.134. The monoisotopic (exact) mass is 739 g/mol. The minimum absolute atomic E-state index is 0.134. The van der Waals surface area contributed by atoms with Crippen LogP contribution in [0.15, 0.2) is 192 Å². The highest BCUT2D eigenvalue weighted by molar-refractivity contribution is 6.94. The first-order valence-electron chi connectivity index (χ1n) is 20.0. The maximum Gasteiger partial charge on any atom is 0.333 e. The lowest BCUT2D eigenvalue weighted by Gasteiger charge is -2.42. The normalized spacial score (nSPS) is 12.8. The maximum atomic E-state index is 6.69. The van der Waals surface area contributed by atoms with Gasteiger partial charge in [-0.2, -0.15) is 0 Å². The summed E-state index contributed by atoms with van der Waals surface area (Å²) in [5.74, 6) is 0. The molecule has 0 atom stereocenters. The van der Waals surface area contributed by atoms with Crippen molar-refractivity contribution < 1.29 is 4.42 Å². The average Bonchev–Trinajstić information content (AvgIpc) is 3.81.